The zero-order valence-corrected chi connectivity index (χ0v) is 17.0. The summed E-state index contributed by atoms with van der Waals surface area (Å²) in [6.45, 7) is 8.52. The molecule has 8 nitrogen and oxygen atoms in total. The van der Waals surface area contributed by atoms with Crippen molar-refractivity contribution < 1.29 is 28.3 Å². The van der Waals surface area contributed by atoms with Gasteiger partial charge in [0, 0.05) is 23.8 Å². The zero-order chi connectivity index (χ0) is 22.0. The molecule has 0 heterocycles. The van der Waals surface area contributed by atoms with Crippen LogP contribution >= 0.6 is 0 Å². The van der Waals surface area contributed by atoms with Crippen molar-refractivity contribution in [2.24, 2.45) is 0 Å². The minimum Gasteiger partial charge on any atom is -0.395 e. The summed E-state index contributed by atoms with van der Waals surface area (Å²) < 4.78 is 22.3. The van der Waals surface area contributed by atoms with E-state index in [1.807, 2.05) is 0 Å². The molecule has 0 saturated carbocycles. The number of hydrogen-bond acceptors (Lipinski definition) is 6. The van der Waals surface area contributed by atoms with Crippen LogP contribution in [0.1, 0.15) is 36.2 Å². The Morgan fingerprint density at radius 2 is 1.75 bits per heavy atom. The molecule has 1 aromatic rings. The van der Waals surface area contributed by atoms with Crippen LogP contribution in [0.4, 0.5) is 0 Å². The topological polar surface area (TPSA) is 133 Å². The predicted octanol–water partition coefficient (Wildman–Crippen LogP) is 0.650. The van der Waals surface area contributed by atoms with Gasteiger partial charge in [-0.2, -0.15) is 0 Å². The Hall–Kier alpha value is -2.67. The van der Waals surface area contributed by atoms with E-state index in [0.29, 0.717) is 12.0 Å². The molecule has 0 aliphatic heterocycles. The van der Waals surface area contributed by atoms with Gasteiger partial charge >= 0.3 is 0 Å². The molecule has 0 spiro atoms. The van der Waals surface area contributed by atoms with Crippen molar-refractivity contribution in [1.82, 2.24) is 10.8 Å². The standard InChI is InChI=1S/C17H22N2O6S.C2H4/c1-17(2,26(3,24)25)14(16(22)19-23)18-15(21)13-9-7-12(8-10-13)6-4-5-11-20;1-2/h7-10,14,20,23H,5,11H2,1-3H3,(H,18,21)(H,19,22);1-2H2/t14-;/m1./s1. The quantitative estimate of drug-likeness (QED) is 0.236. The van der Waals surface area contributed by atoms with E-state index >= 15 is 0 Å². The smallest absolute Gasteiger partial charge is 0.267 e. The van der Waals surface area contributed by atoms with E-state index in [9.17, 15) is 18.0 Å². The summed E-state index contributed by atoms with van der Waals surface area (Å²) in [5.74, 6) is 3.83. The molecule has 9 heteroatoms. The fraction of sp³-hybridized carbons (Fsp3) is 0.368. The summed E-state index contributed by atoms with van der Waals surface area (Å²) in [6.07, 6.45) is 1.28. The van der Waals surface area contributed by atoms with Crippen LogP contribution in [0.2, 0.25) is 0 Å². The molecule has 1 aromatic carbocycles. The molecule has 1 rings (SSSR count). The molecule has 0 aliphatic rings. The lowest BCUT2D eigenvalue weighted by Gasteiger charge is -2.31. The fourth-order valence-corrected chi connectivity index (χ4v) is 2.57. The Labute approximate surface area is 165 Å². The summed E-state index contributed by atoms with van der Waals surface area (Å²) in [5, 5.41) is 19.9. The second kappa shape index (κ2) is 11.2. The van der Waals surface area contributed by atoms with Gasteiger partial charge < -0.3 is 10.4 Å². The molecule has 0 unspecified atom stereocenters. The van der Waals surface area contributed by atoms with Gasteiger partial charge in [0.2, 0.25) is 0 Å². The van der Waals surface area contributed by atoms with Gasteiger partial charge in [0.15, 0.2) is 9.84 Å². The summed E-state index contributed by atoms with van der Waals surface area (Å²) in [5.41, 5.74) is 2.21. The third-order valence-corrected chi connectivity index (χ3v) is 6.06. The lowest BCUT2D eigenvalue weighted by molar-refractivity contribution is -0.131. The third kappa shape index (κ3) is 6.81. The van der Waals surface area contributed by atoms with Crippen molar-refractivity contribution in [2.75, 3.05) is 12.9 Å². The van der Waals surface area contributed by atoms with Crippen molar-refractivity contribution in [2.45, 2.75) is 31.1 Å². The van der Waals surface area contributed by atoms with Crippen molar-refractivity contribution in [1.29, 1.82) is 0 Å². The second-order valence-electron chi connectivity index (χ2n) is 6.11. The first kappa shape index (κ1) is 25.3. The van der Waals surface area contributed by atoms with E-state index in [2.05, 4.69) is 30.3 Å². The third-order valence-electron chi connectivity index (χ3n) is 3.92. The number of sulfone groups is 1. The molecular weight excluding hydrogens is 384 g/mol. The van der Waals surface area contributed by atoms with Crippen molar-refractivity contribution in [3.8, 4) is 11.8 Å². The molecule has 1 atom stereocenters. The maximum atomic E-state index is 12.4. The van der Waals surface area contributed by atoms with Crippen LogP contribution in [0, 0.1) is 11.8 Å². The molecule has 0 radical (unpaired) electrons. The minimum atomic E-state index is -3.73. The SMILES string of the molecule is C=C.CC(C)([C@H](NC(=O)c1ccc(C#CCCO)cc1)C(=O)NO)S(C)(=O)=O. The van der Waals surface area contributed by atoms with E-state index in [0.717, 1.165) is 6.26 Å². The number of hydroxylamine groups is 1. The number of carbonyl (C=O) groups excluding carboxylic acids is 2. The van der Waals surface area contributed by atoms with Crippen molar-refractivity contribution in [3.05, 3.63) is 48.6 Å². The number of rotatable bonds is 6. The van der Waals surface area contributed by atoms with Gasteiger partial charge in [-0.25, -0.2) is 13.9 Å². The van der Waals surface area contributed by atoms with E-state index in [1.54, 1.807) is 12.1 Å². The van der Waals surface area contributed by atoms with Crippen LogP contribution in [0.15, 0.2) is 37.4 Å². The van der Waals surface area contributed by atoms with E-state index in [-0.39, 0.29) is 12.2 Å². The molecule has 0 bridgehead atoms. The first-order valence-corrected chi connectivity index (χ1v) is 10.1. The predicted molar refractivity (Wildman–Crippen MR) is 106 cm³/mol. The van der Waals surface area contributed by atoms with Crippen LogP contribution in [-0.4, -0.2) is 54.2 Å². The molecular formula is C19H26N2O6S. The Morgan fingerprint density at radius 1 is 1.21 bits per heavy atom. The first-order chi connectivity index (χ1) is 13.0. The number of aliphatic hydroxyl groups is 1. The lowest BCUT2D eigenvalue weighted by atomic mass is 10.0. The summed E-state index contributed by atoms with van der Waals surface area (Å²) in [6, 6.07) is 4.61. The van der Waals surface area contributed by atoms with Gasteiger partial charge in [0.25, 0.3) is 11.8 Å². The number of nitrogens with one attached hydrogen (secondary N) is 2. The number of aliphatic hydroxyl groups excluding tert-OH is 1. The normalized spacial score (nSPS) is 11.8. The van der Waals surface area contributed by atoms with Crippen LogP contribution in [0.25, 0.3) is 0 Å². The monoisotopic (exact) mass is 410 g/mol. The van der Waals surface area contributed by atoms with Crippen LogP contribution in [-0.2, 0) is 14.6 Å². The Balaban J connectivity index is 0.00000352. The summed E-state index contributed by atoms with van der Waals surface area (Å²) in [4.78, 5) is 24.3. The molecule has 154 valence electrons. The highest BCUT2D eigenvalue weighted by molar-refractivity contribution is 7.92. The van der Waals surface area contributed by atoms with Crippen molar-refractivity contribution in [3.63, 3.8) is 0 Å². The van der Waals surface area contributed by atoms with Crippen LogP contribution < -0.4 is 10.8 Å². The molecule has 0 saturated heterocycles. The van der Waals surface area contributed by atoms with Gasteiger partial charge in [0.1, 0.15) is 6.04 Å². The maximum absolute atomic E-state index is 12.4. The highest BCUT2D eigenvalue weighted by Gasteiger charge is 2.44. The van der Waals surface area contributed by atoms with Crippen molar-refractivity contribution >= 4 is 21.7 Å². The van der Waals surface area contributed by atoms with Gasteiger partial charge in [-0.3, -0.25) is 14.8 Å². The largest absolute Gasteiger partial charge is 0.395 e. The fourth-order valence-electron chi connectivity index (χ4n) is 1.97. The van der Waals surface area contributed by atoms with Crippen LogP contribution in [0.5, 0.6) is 0 Å². The molecule has 0 fully saturated rings. The number of benzene rings is 1. The lowest BCUT2D eigenvalue weighted by Crippen LogP contribution is -2.60. The maximum Gasteiger partial charge on any atom is 0.267 e. The van der Waals surface area contributed by atoms with Crippen LogP contribution in [0.3, 0.4) is 0 Å². The number of hydrogen-bond donors (Lipinski definition) is 4. The molecule has 4 N–H and O–H groups in total. The average Bonchev–Trinajstić information content (AvgIpc) is 2.66. The van der Waals surface area contributed by atoms with Gasteiger partial charge in [-0.15, -0.1) is 13.2 Å². The first-order valence-electron chi connectivity index (χ1n) is 8.18. The minimum absolute atomic E-state index is 0.0437. The second-order valence-corrected chi connectivity index (χ2v) is 8.71. The molecule has 0 aromatic heterocycles. The Kier molecular flexibility index (Phi) is 10.2. The van der Waals surface area contributed by atoms with E-state index < -0.39 is 32.4 Å². The number of carbonyl (C=O) groups is 2. The zero-order valence-electron chi connectivity index (χ0n) is 16.2. The highest BCUT2D eigenvalue weighted by Crippen LogP contribution is 2.21. The van der Waals surface area contributed by atoms with Gasteiger partial charge in [0.05, 0.1) is 11.4 Å². The molecule has 0 aliphatic carbocycles. The van der Waals surface area contributed by atoms with Gasteiger partial charge in [-0.05, 0) is 38.1 Å². The highest BCUT2D eigenvalue weighted by atomic mass is 32.2. The van der Waals surface area contributed by atoms with E-state index in [1.165, 1.54) is 31.5 Å². The average molecular weight is 410 g/mol. The number of amides is 2. The summed E-state index contributed by atoms with van der Waals surface area (Å²) >= 11 is 0. The molecule has 2 amide bonds. The molecule has 28 heavy (non-hydrogen) atoms. The van der Waals surface area contributed by atoms with Gasteiger partial charge in [-0.1, -0.05) is 11.8 Å². The van der Waals surface area contributed by atoms with E-state index in [4.69, 9.17) is 10.3 Å². The Bertz CT molecular complexity index is 835. The Morgan fingerprint density at radius 3 is 2.18 bits per heavy atom. The summed E-state index contributed by atoms with van der Waals surface area (Å²) in [7, 11) is -3.73.